The number of amides is 1. The monoisotopic (exact) mass is 626 g/mol. The van der Waals surface area contributed by atoms with Crippen LogP contribution in [0.1, 0.15) is 17.2 Å². The van der Waals surface area contributed by atoms with Crippen LogP contribution in [-0.4, -0.2) is 75.0 Å². The first-order valence-electron chi connectivity index (χ1n) is 13.7. The van der Waals surface area contributed by atoms with Crippen molar-refractivity contribution >= 4 is 52.4 Å². The van der Waals surface area contributed by atoms with E-state index in [4.69, 9.17) is 4.74 Å². The Morgan fingerprint density at radius 2 is 1.86 bits per heavy atom. The van der Waals surface area contributed by atoms with E-state index in [1.807, 2.05) is 60.7 Å². The number of rotatable bonds is 9. The number of ether oxygens (including phenoxy) is 1. The van der Waals surface area contributed by atoms with E-state index in [0.717, 1.165) is 16.7 Å². The summed E-state index contributed by atoms with van der Waals surface area (Å²) in [6, 6.07) is 23.3. The third-order valence-electron chi connectivity index (χ3n) is 7.38. The molecule has 0 aliphatic carbocycles. The average Bonchev–Trinajstić information content (AvgIpc) is 3.66. The fourth-order valence-corrected chi connectivity index (χ4v) is 7.57. The number of imidazole rings is 1. The van der Waals surface area contributed by atoms with Gasteiger partial charge in [0.25, 0.3) is 5.91 Å². The number of anilines is 1. The molecule has 4 heterocycles. The third kappa shape index (κ3) is 5.26. The molecule has 14 heteroatoms. The highest BCUT2D eigenvalue weighted by molar-refractivity contribution is 8.01. The Morgan fingerprint density at radius 1 is 1.14 bits per heavy atom. The second kappa shape index (κ2) is 11.7. The number of phenols is 1. The summed E-state index contributed by atoms with van der Waals surface area (Å²) in [6.45, 7) is 0. The Bertz CT molecular complexity index is 1840. The molecule has 2 aromatic heterocycles. The molecule has 0 saturated carbocycles. The van der Waals surface area contributed by atoms with Gasteiger partial charge in [-0.3, -0.25) is 9.69 Å². The number of hydrogen-bond acceptors (Lipinski definition) is 11. The van der Waals surface area contributed by atoms with Crippen molar-refractivity contribution in [1.82, 2.24) is 35.1 Å². The van der Waals surface area contributed by atoms with Gasteiger partial charge in [-0.15, -0.1) is 16.9 Å². The maximum atomic E-state index is 14.1. The molecule has 5 aromatic rings. The van der Waals surface area contributed by atoms with Gasteiger partial charge >= 0.3 is 5.97 Å². The quantitative estimate of drug-likeness (QED) is 0.124. The number of thioether (sulfide) groups is 2. The number of aromatic hydroxyl groups is 1. The van der Waals surface area contributed by atoms with Crippen LogP contribution in [0.3, 0.4) is 0 Å². The van der Waals surface area contributed by atoms with E-state index in [9.17, 15) is 14.7 Å². The molecule has 0 spiro atoms. The van der Waals surface area contributed by atoms with Crippen LogP contribution in [0.15, 0.2) is 95.3 Å². The molecule has 222 valence electrons. The molecule has 1 saturated heterocycles. The number of H-pyrrole nitrogens is 1. The molecule has 2 atom stereocenters. The minimum Gasteiger partial charge on any atom is -0.508 e. The van der Waals surface area contributed by atoms with Crippen LogP contribution < -0.4 is 5.32 Å². The van der Waals surface area contributed by atoms with Crippen molar-refractivity contribution in [2.24, 2.45) is 7.05 Å². The number of aromatic amines is 1. The number of aryl methyl sites for hydroxylation is 1. The highest BCUT2D eigenvalue weighted by Gasteiger charge is 2.54. The first-order chi connectivity index (χ1) is 21.5. The number of β-lactam (4-membered cyclic amide) rings is 1. The van der Waals surface area contributed by atoms with Crippen LogP contribution in [0.5, 0.6) is 5.75 Å². The number of aromatic nitrogens is 6. The predicted octanol–water partition coefficient (Wildman–Crippen LogP) is 3.87. The molecule has 0 unspecified atom stereocenters. The summed E-state index contributed by atoms with van der Waals surface area (Å²) in [4.78, 5) is 37.0. The summed E-state index contributed by atoms with van der Waals surface area (Å²) in [6.07, 6.45) is -0.667. The molecule has 3 N–H and O–H groups in total. The van der Waals surface area contributed by atoms with Gasteiger partial charge in [-0.05, 0) is 39.3 Å². The van der Waals surface area contributed by atoms with E-state index in [2.05, 4.69) is 30.8 Å². The maximum absolute atomic E-state index is 14.1. The Labute approximate surface area is 259 Å². The standard InChI is InChI=1S/C30H26N8O4S2/c1-37-30(34-35-36-37)44-16-19-15-43-27-23(33-29-31-21-13-12-20(39)14-22(21)32-29)26(40)38(27)24(19)28(41)42-25(17-8-4-2-5-9-17)18-10-6-3-7-11-18/h2-14,23,25,27,39H,15-16H2,1H3,(H2,31,32,33)/t23-,27-/m1/s1. The minimum atomic E-state index is -0.667. The summed E-state index contributed by atoms with van der Waals surface area (Å²) < 4.78 is 7.80. The van der Waals surface area contributed by atoms with Crippen LogP contribution >= 0.6 is 23.5 Å². The van der Waals surface area contributed by atoms with Crippen molar-refractivity contribution in [3.8, 4) is 5.75 Å². The molecule has 12 nitrogen and oxygen atoms in total. The molecule has 2 aliphatic rings. The normalized spacial score (nSPS) is 18.0. The Morgan fingerprint density at radius 3 is 2.55 bits per heavy atom. The lowest BCUT2D eigenvalue weighted by molar-refractivity contribution is -0.152. The van der Waals surface area contributed by atoms with Gasteiger partial charge in [-0.1, -0.05) is 72.4 Å². The lowest BCUT2D eigenvalue weighted by Gasteiger charge is -2.49. The van der Waals surface area contributed by atoms with Crippen molar-refractivity contribution in [2.45, 2.75) is 22.7 Å². The zero-order valence-electron chi connectivity index (χ0n) is 23.3. The number of hydrogen-bond donors (Lipinski definition) is 3. The van der Waals surface area contributed by atoms with Crippen LogP contribution in [0, 0.1) is 0 Å². The first-order valence-corrected chi connectivity index (χ1v) is 15.8. The second-order valence-corrected chi connectivity index (χ2v) is 12.3. The van der Waals surface area contributed by atoms with Gasteiger partial charge in [0.15, 0.2) is 6.10 Å². The lowest BCUT2D eigenvalue weighted by atomic mass is 10.0. The molecular weight excluding hydrogens is 601 g/mol. The minimum absolute atomic E-state index is 0.113. The predicted molar refractivity (Wildman–Crippen MR) is 166 cm³/mol. The van der Waals surface area contributed by atoms with Crippen molar-refractivity contribution in [3.63, 3.8) is 0 Å². The highest BCUT2D eigenvalue weighted by Crippen LogP contribution is 2.43. The van der Waals surface area contributed by atoms with Gasteiger partial charge in [-0.25, -0.2) is 14.5 Å². The fraction of sp³-hybridized carbons (Fsp3) is 0.200. The maximum Gasteiger partial charge on any atom is 0.356 e. The smallest absolute Gasteiger partial charge is 0.356 e. The number of carbonyl (C=O) groups excluding carboxylic acids is 2. The summed E-state index contributed by atoms with van der Waals surface area (Å²) in [5.74, 6) is 0.574. The summed E-state index contributed by atoms with van der Waals surface area (Å²) in [5.41, 5.74) is 3.93. The van der Waals surface area contributed by atoms with Crippen molar-refractivity contribution in [2.75, 3.05) is 16.8 Å². The largest absolute Gasteiger partial charge is 0.508 e. The lowest BCUT2D eigenvalue weighted by Crippen LogP contribution is -2.67. The van der Waals surface area contributed by atoms with Gasteiger partial charge in [0, 0.05) is 24.6 Å². The Hall–Kier alpha value is -4.82. The molecular formula is C30H26N8O4S2. The van der Waals surface area contributed by atoms with E-state index in [1.54, 1.807) is 41.7 Å². The molecule has 7 rings (SSSR count). The van der Waals surface area contributed by atoms with Crippen molar-refractivity contribution < 1.29 is 19.4 Å². The average molecular weight is 627 g/mol. The van der Waals surface area contributed by atoms with Crippen LogP contribution in [-0.2, 0) is 21.4 Å². The van der Waals surface area contributed by atoms with Crippen molar-refractivity contribution in [3.05, 3.63) is 101 Å². The van der Waals surface area contributed by atoms with Gasteiger partial charge in [0.1, 0.15) is 22.9 Å². The van der Waals surface area contributed by atoms with Gasteiger partial charge in [-0.2, -0.15) is 0 Å². The van der Waals surface area contributed by atoms with E-state index in [-0.39, 0.29) is 22.7 Å². The number of nitrogens with zero attached hydrogens (tertiary/aromatic N) is 6. The number of carbonyl (C=O) groups is 2. The van der Waals surface area contributed by atoms with Crippen LogP contribution in [0.2, 0.25) is 0 Å². The molecule has 0 radical (unpaired) electrons. The first kappa shape index (κ1) is 28.0. The topological polar surface area (TPSA) is 151 Å². The molecule has 1 fully saturated rings. The summed E-state index contributed by atoms with van der Waals surface area (Å²) in [7, 11) is 1.75. The molecule has 1 amide bonds. The van der Waals surface area contributed by atoms with Gasteiger partial charge in [0.2, 0.25) is 11.1 Å². The molecule has 0 bridgehead atoms. The zero-order valence-corrected chi connectivity index (χ0v) is 25.0. The molecule has 3 aromatic carbocycles. The zero-order chi connectivity index (χ0) is 30.2. The van der Waals surface area contributed by atoms with E-state index >= 15 is 0 Å². The number of fused-ring (bicyclic) bond motifs is 2. The van der Waals surface area contributed by atoms with E-state index in [0.29, 0.717) is 33.6 Å². The van der Waals surface area contributed by atoms with E-state index in [1.165, 1.54) is 16.7 Å². The van der Waals surface area contributed by atoms with Gasteiger partial charge in [0.05, 0.1) is 11.0 Å². The Balaban J connectivity index is 1.19. The number of tetrazole rings is 1. The fourth-order valence-electron chi connectivity index (χ4n) is 5.24. The van der Waals surface area contributed by atoms with E-state index < -0.39 is 18.1 Å². The summed E-state index contributed by atoms with van der Waals surface area (Å²) >= 11 is 2.95. The number of benzene rings is 3. The van der Waals surface area contributed by atoms with Gasteiger partial charge < -0.3 is 20.1 Å². The molecule has 44 heavy (non-hydrogen) atoms. The van der Waals surface area contributed by atoms with Crippen LogP contribution in [0.25, 0.3) is 11.0 Å². The van der Waals surface area contributed by atoms with Crippen LogP contribution in [0.4, 0.5) is 5.95 Å². The number of phenolic OH excluding ortho intramolecular Hbond substituents is 1. The number of nitrogens with one attached hydrogen (secondary N) is 2. The second-order valence-electron chi connectivity index (χ2n) is 10.3. The highest BCUT2D eigenvalue weighted by atomic mass is 32.2. The van der Waals surface area contributed by atoms with Crippen molar-refractivity contribution in [1.29, 1.82) is 0 Å². The SMILES string of the molecule is Cn1nnnc1SCC1=C(C(=O)OC(c2ccccc2)c2ccccc2)N2C(=O)[C@@H](Nc3nc4ccc(O)cc4[nH]3)[C@H]2SC1. The molecule has 2 aliphatic heterocycles. The summed E-state index contributed by atoms with van der Waals surface area (Å²) in [5, 5.41) is 24.9. The third-order valence-corrected chi connectivity index (χ3v) is 9.82. The Kier molecular flexibility index (Phi) is 7.44. The number of esters is 1.